The van der Waals surface area contributed by atoms with E-state index >= 15 is 0 Å². The van der Waals surface area contributed by atoms with E-state index in [-0.39, 0.29) is 0 Å². The SMILES string of the molecule is CN1CCN(c2nccc3[nH]c(-c4n[nH]c5cnc(-c6cncnc6)cc45)nc23)CC1. The first kappa shape index (κ1) is 17.9. The molecule has 0 amide bonds. The smallest absolute Gasteiger partial charge is 0.159 e. The van der Waals surface area contributed by atoms with Crippen LogP contribution in [0, 0.1) is 0 Å². The summed E-state index contributed by atoms with van der Waals surface area (Å²) in [6.07, 6.45) is 8.60. The van der Waals surface area contributed by atoms with Crippen LogP contribution in [0.3, 0.4) is 0 Å². The number of nitrogens with one attached hydrogen (secondary N) is 2. The summed E-state index contributed by atoms with van der Waals surface area (Å²) >= 11 is 0. The van der Waals surface area contributed by atoms with E-state index in [2.05, 4.69) is 52.0 Å². The fraction of sp³-hybridized carbons (Fsp3) is 0.238. The molecule has 6 heterocycles. The number of H-pyrrole nitrogens is 2. The Bertz CT molecular complexity index is 1370. The van der Waals surface area contributed by atoms with Crippen molar-refractivity contribution < 1.29 is 0 Å². The highest BCUT2D eigenvalue weighted by Crippen LogP contribution is 2.31. The van der Waals surface area contributed by atoms with Crippen LogP contribution in [0.25, 0.3) is 44.7 Å². The third-order valence-corrected chi connectivity index (χ3v) is 5.71. The van der Waals surface area contributed by atoms with Crippen molar-refractivity contribution in [3.8, 4) is 22.8 Å². The van der Waals surface area contributed by atoms with Crippen molar-refractivity contribution in [2.45, 2.75) is 0 Å². The van der Waals surface area contributed by atoms with Gasteiger partial charge in [0.2, 0.25) is 0 Å². The Balaban J connectivity index is 1.44. The monoisotopic (exact) mass is 412 g/mol. The Morgan fingerprint density at radius 1 is 0.968 bits per heavy atom. The van der Waals surface area contributed by atoms with Crippen molar-refractivity contribution in [2.75, 3.05) is 38.1 Å². The first-order valence-corrected chi connectivity index (χ1v) is 10.1. The molecule has 10 heteroatoms. The van der Waals surface area contributed by atoms with Gasteiger partial charge in [-0.25, -0.2) is 19.9 Å². The van der Waals surface area contributed by atoms with Crippen LogP contribution in [0.2, 0.25) is 0 Å². The summed E-state index contributed by atoms with van der Waals surface area (Å²) in [7, 11) is 2.14. The zero-order valence-corrected chi connectivity index (χ0v) is 16.9. The van der Waals surface area contributed by atoms with Crippen molar-refractivity contribution in [2.24, 2.45) is 0 Å². The normalized spacial score (nSPS) is 15.2. The molecule has 2 N–H and O–H groups in total. The molecule has 0 atom stereocenters. The number of rotatable bonds is 3. The van der Waals surface area contributed by atoms with Crippen LogP contribution in [0.15, 0.2) is 43.2 Å². The van der Waals surface area contributed by atoms with Gasteiger partial charge in [0.05, 0.1) is 22.9 Å². The maximum atomic E-state index is 4.90. The van der Waals surface area contributed by atoms with Crippen LogP contribution >= 0.6 is 0 Å². The number of hydrogen-bond acceptors (Lipinski definition) is 8. The molecular weight excluding hydrogens is 392 g/mol. The number of fused-ring (bicyclic) bond motifs is 2. The summed E-state index contributed by atoms with van der Waals surface area (Å²) in [5.74, 6) is 1.61. The second-order valence-electron chi connectivity index (χ2n) is 7.72. The molecule has 5 aromatic rings. The van der Waals surface area contributed by atoms with Gasteiger partial charge in [-0.15, -0.1) is 0 Å². The Morgan fingerprint density at radius 3 is 2.65 bits per heavy atom. The molecule has 10 nitrogen and oxygen atoms in total. The Kier molecular flexibility index (Phi) is 4.10. The summed E-state index contributed by atoms with van der Waals surface area (Å²) in [5, 5.41) is 8.51. The number of imidazole rings is 1. The first-order valence-electron chi connectivity index (χ1n) is 10.1. The van der Waals surface area contributed by atoms with Crippen LogP contribution in [0.5, 0.6) is 0 Å². The highest BCUT2D eigenvalue weighted by atomic mass is 15.3. The Hall–Kier alpha value is -3.92. The van der Waals surface area contributed by atoms with Crippen LogP contribution in [0.1, 0.15) is 0 Å². The van der Waals surface area contributed by atoms with Crippen molar-refractivity contribution in [1.82, 2.24) is 45.0 Å². The lowest BCUT2D eigenvalue weighted by molar-refractivity contribution is 0.312. The fourth-order valence-electron chi connectivity index (χ4n) is 3.97. The molecule has 1 saturated heterocycles. The minimum atomic E-state index is 0.700. The molecule has 31 heavy (non-hydrogen) atoms. The van der Waals surface area contributed by atoms with Gasteiger partial charge in [-0.05, 0) is 19.2 Å². The van der Waals surface area contributed by atoms with Crippen molar-refractivity contribution in [3.63, 3.8) is 0 Å². The number of nitrogens with zero attached hydrogens (tertiary/aromatic N) is 8. The zero-order chi connectivity index (χ0) is 20.8. The minimum absolute atomic E-state index is 0.700. The second kappa shape index (κ2) is 7.10. The largest absolute Gasteiger partial charge is 0.352 e. The molecule has 154 valence electrons. The first-order chi connectivity index (χ1) is 15.3. The number of aromatic amines is 2. The van der Waals surface area contributed by atoms with Gasteiger partial charge < -0.3 is 14.8 Å². The summed E-state index contributed by atoms with van der Waals surface area (Å²) in [6, 6.07) is 3.94. The van der Waals surface area contributed by atoms with E-state index in [0.717, 1.165) is 70.9 Å². The highest BCUT2D eigenvalue weighted by Gasteiger charge is 2.21. The Labute approximate surface area is 177 Å². The minimum Gasteiger partial charge on any atom is -0.352 e. The Morgan fingerprint density at radius 2 is 1.81 bits per heavy atom. The summed E-state index contributed by atoms with van der Waals surface area (Å²) in [5.41, 5.74) is 5.03. The van der Waals surface area contributed by atoms with Crippen molar-refractivity contribution in [3.05, 3.63) is 43.2 Å². The van der Waals surface area contributed by atoms with Crippen LogP contribution < -0.4 is 4.90 Å². The molecule has 0 unspecified atom stereocenters. The zero-order valence-electron chi connectivity index (χ0n) is 16.9. The van der Waals surface area contributed by atoms with Gasteiger partial charge in [0.15, 0.2) is 11.6 Å². The van der Waals surface area contributed by atoms with Gasteiger partial charge in [-0.1, -0.05) is 0 Å². The van der Waals surface area contributed by atoms with Gasteiger partial charge in [0.25, 0.3) is 0 Å². The van der Waals surface area contributed by atoms with E-state index in [1.54, 1.807) is 18.6 Å². The fourth-order valence-corrected chi connectivity index (χ4v) is 3.97. The topological polar surface area (TPSA) is 115 Å². The van der Waals surface area contributed by atoms with Gasteiger partial charge in [-0.3, -0.25) is 10.1 Å². The standard InChI is InChI=1S/C21H20N10/c1-30-4-6-31(7-5-30)21-19-15(2-3-24-21)26-20(27-19)18-14-8-16(13-9-22-12-23-10-13)25-11-17(14)28-29-18/h2-3,8-12H,4-7H2,1H3,(H,26,27)(H,28,29). The van der Waals surface area contributed by atoms with Crippen molar-refractivity contribution in [1.29, 1.82) is 0 Å². The van der Waals surface area contributed by atoms with E-state index in [0.29, 0.717) is 5.82 Å². The van der Waals surface area contributed by atoms with Gasteiger partial charge in [0, 0.05) is 55.7 Å². The molecule has 0 radical (unpaired) electrons. The molecule has 1 aliphatic heterocycles. The maximum absolute atomic E-state index is 4.90. The summed E-state index contributed by atoms with van der Waals surface area (Å²) in [4.78, 5) is 30.3. The van der Waals surface area contributed by atoms with E-state index in [9.17, 15) is 0 Å². The molecule has 0 saturated carbocycles. The third kappa shape index (κ3) is 3.08. The maximum Gasteiger partial charge on any atom is 0.159 e. The highest BCUT2D eigenvalue weighted by molar-refractivity contribution is 5.96. The lowest BCUT2D eigenvalue weighted by Crippen LogP contribution is -2.44. The number of hydrogen-bond donors (Lipinski definition) is 2. The molecule has 5 aromatic heterocycles. The summed E-state index contributed by atoms with van der Waals surface area (Å²) in [6.45, 7) is 3.89. The van der Waals surface area contributed by atoms with Gasteiger partial charge in [-0.2, -0.15) is 5.10 Å². The number of piperazine rings is 1. The molecule has 1 aliphatic rings. The number of likely N-dealkylation sites (N-methyl/N-ethyl adjacent to an activating group) is 1. The summed E-state index contributed by atoms with van der Waals surface area (Å²) < 4.78 is 0. The molecule has 0 bridgehead atoms. The predicted octanol–water partition coefficient (Wildman–Crippen LogP) is 2.10. The van der Waals surface area contributed by atoms with E-state index in [4.69, 9.17) is 4.98 Å². The molecule has 0 spiro atoms. The van der Waals surface area contributed by atoms with E-state index in [1.807, 2.05) is 18.3 Å². The lowest BCUT2D eigenvalue weighted by atomic mass is 10.1. The van der Waals surface area contributed by atoms with E-state index < -0.39 is 0 Å². The average molecular weight is 412 g/mol. The number of pyridine rings is 2. The molecule has 1 fully saturated rings. The second-order valence-corrected chi connectivity index (χ2v) is 7.72. The lowest BCUT2D eigenvalue weighted by Gasteiger charge is -2.33. The third-order valence-electron chi connectivity index (χ3n) is 5.71. The van der Waals surface area contributed by atoms with Crippen LogP contribution in [0.4, 0.5) is 5.82 Å². The molecule has 0 aromatic carbocycles. The quantitative estimate of drug-likeness (QED) is 0.463. The van der Waals surface area contributed by atoms with Crippen LogP contribution in [-0.2, 0) is 0 Å². The van der Waals surface area contributed by atoms with Gasteiger partial charge in [0.1, 0.15) is 17.5 Å². The van der Waals surface area contributed by atoms with Crippen LogP contribution in [-0.4, -0.2) is 78.2 Å². The number of aromatic nitrogens is 8. The molecule has 6 rings (SSSR count). The molecular formula is C21H20N10. The molecule has 0 aliphatic carbocycles. The number of anilines is 1. The van der Waals surface area contributed by atoms with Crippen molar-refractivity contribution >= 4 is 27.8 Å². The predicted molar refractivity (Wildman–Crippen MR) is 118 cm³/mol. The average Bonchev–Trinajstić information content (AvgIpc) is 3.43. The van der Waals surface area contributed by atoms with Gasteiger partial charge >= 0.3 is 0 Å². The van der Waals surface area contributed by atoms with E-state index in [1.165, 1.54) is 6.33 Å².